The Hall–Kier alpha value is -2.85. The van der Waals surface area contributed by atoms with Crippen LogP contribution in [0.3, 0.4) is 0 Å². The number of fused-ring (bicyclic) bond motifs is 1. The normalized spacial score (nSPS) is 10.9. The largest absolute Gasteiger partial charge is 0.376 e. The van der Waals surface area contributed by atoms with Gasteiger partial charge < -0.3 is 5.32 Å². The van der Waals surface area contributed by atoms with Crippen molar-refractivity contribution in [3.05, 3.63) is 77.3 Å². The van der Waals surface area contributed by atoms with Crippen LogP contribution in [0.4, 0.5) is 5.69 Å². The Balaban J connectivity index is 1.53. The molecule has 0 bridgehead atoms. The lowest BCUT2D eigenvalue weighted by Crippen LogP contribution is -2.25. The van der Waals surface area contributed by atoms with E-state index in [0.717, 1.165) is 16.6 Å². The zero-order valence-corrected chi connectivity index (χ0v) is 13.6. The van der Waals surface area contributed by atoms with Gasteiger partial charge >= 0.3 is 0 Å². The van der Waals surface area contributed by atoms with Crippen molar-refractivity contribution < 1.29 is 4.79 Å². The lowest BCUT2D eigenvalue weighted by Gasteiger charge is -2.06. The number of benzene rings is 3. The van der Waals surface area contributed by atoms with Gasteiger partial charge in [0.2, 0.25) is 0 Å². The average Bonchev–Trinajstić information content (AvgIpc) is 2.60. The third kappa shape index (κ3) is 4.33. The number of nitrogens with zero attached hydrogens (tertiary/aromatic N) is 1. The van der Waals surface area contributed by atoms with E-state index in [4.69, 9.17) is 11.6 Å². The first-order valence-corrected chi connectivity index (χ1v) is 7.89. The Bertz CT molecular complexity index is 892. The molecule has 0 unspecified atom stereocenters. The third-order valence-electron chi connectivity index (χ3n) is 3.45. The van der Waals surface area contributed by atoms with Gasteiger partial charge in [-0.1, -0.05) is 54.1 Å². The van der Waals surface area contributed by atoms with E-state index in [2.05, 4.69) is 21.9 Å². The Labute approximate surface area is 145 Å². The van der Waals surface area contributed by atoms with Crippen LogP contribution in [0.1, 0.15) is 5.56 Å². The first-order chi connectivity index (χ1) is 11.7. The second-order valence-electron chi connectivity index (χ2n) is 5.26. The summed E-state index contributed by atoms with van der Waals surface area (Å²) in [6, 6.07) is 21.3. The highest BCUT2D eigenvalue weighted by Crippen LogP contribution is 2.18. The highest BCUT2D eigenvalue weighted by molar-refractivity contribution is 6.30. The van der Waals surface area contributed by atoms with E-state index < -0.39 is 0 Å². The molecule has 3 aromatic rings. The highest BCUT2D eigenvalue weighted by atomic mass is 35.5. The molecule has 0 aromatic heterocycles. The summed E-state index contributed by atoms with van der Waals surface area (Å²) in [5, 5.41) is 9.93. The predicted molar refractivity (Wildman–Crippen MR) is 99.6 cm³/mol. The quantitative estimate of drug-likeness (QED) is 0.545. The fraction of sp³-hybridized carbons (Fsp3) is 0.0526. The summed E-state index contributed by atoms with van der Waals surface area (Å²) in [7, 11) is 0. The minimum Gasteiger partial charge on any atom is -0.376 e. The Morgan fingerprint density at radius 1 is 1.00 bits per heavy atom. The molecule has 0 aliphatic rings. The van der Waals surface area contributed by atoms with Gasteiger partial charge in [-0.05, 0) is 40.6 Å². The van der Waals surface area contributed by atoms with E-state index in [-0.39, 0.29) is 12.5 Å². The maximum Gasteiger partial charge on any atom is 0.259 e. The number of halogens is 1. The molecule has 0 aliphatic carbocycles. The van der Waals surface area contributed by atoms with Crippen molar-refractivity contribution in [2.45, 2.75) is 0 Å². The van der Waals surface area contributed by atoms with Crippen LogP contribution in [0.15, 0.2) is 71.8 Å². The number of hydrogen-bond donors (Lipinski definition) is 2. The van der Waals surface area contributed by atoms with E-state index in [1.807, 2.05) is 48.5 Å². The van der Waals surface area contributed by atoms with Crippen LogP contribution in [0.2, 0.25) is 5.02 Å². The van der Waals surface area contributed by atoms with Crippen LogP contribution in [-0.2, 0) is 4.79 Å². The first kappa shape index (κ1) is 16.0. The van der Waals surface area contributed by atoms with Crippen molar-refractivity contribution in [2.24, 2.45) is 5.10 Å². The lowest BCUT2D eigenvalue weighted by molar-refractivity contribution is -0.119. The van der Waals surface area contributed by atoms with Crippen molar-refractivity contribution in [1.29, 1.82) is 0 Å². The summed E-state index contributed by atoms with van der Waals surface area (Å²) in [6.45, 7) is 0.144. The molecule has 0 aliphatic heterocycles. The summed E-state index contributed by atoms with van der Waals surface area (Å²) in [6.07, 6.45) is 1.56. The van der Waals surface area contributed by atoms with Crippen LogP contribution in [-0.4, -0.2) is 18.7 Å². The lowest BCUT2D eigenvalue weighted by atomic mass is 10.1. The number of hydrogen-bond acceptors (Lipinski definition) is 3. The number of rotatable bonds is 5. The molecular weight excluding hydrogens is 322 g/mol. The second kappa shape index (κ2) is 7.62. The fourth-order valence-electron chi connectivity index (χ4n) is 2.29. The molecule has 0 heterocycles. The minimum atomic E-state index is -0.221. The molecule has 0 fully saturated rings. The van der Waals surface area contributed by atoms with Crippen LogP contribution < -0.4 is 10.7 Å². The number of anilines is 1. The molecule has 0 atom stereocenters. The molecule has 3 rings (SSSR count). The molecule has 1 amide bonds. The Morgan fingerprint density at radius 2 is 1.83 bits per heavy atom. The van der Waals surface area contributed by atoms with Crippen molar-refractivity contribution in [3.63, 3.8) is 0 Å². The second-order valence-corrected chi connectivity index (χ2v) is 5.70. The monoisotopic (exact) mass is 337 g/mol. The molecule has 0 saturated heterocycles. The van der Waals surface area contributed by atoms with Gasteiger partial charge in [-0.25, -0.2) is 5.43 Å². The van der Waals surface area contributed by atoms with Crippen LogP contribution in [0.5, 0.6) is 0 Å². The van der Waals surface area contributed by atoms with E-state index in [1.54, 1.807) is 18.3 Å². The number of nitrogens with one attached hydrogen (secondary N) is 2. The number of hydrazone groups is 1. The molecule has 24 heavy (non-hydrogen) atoms. The van der Waals surface area contributed by atoms with Gasteiger partial charge in [0.25, 0.3) is 5.91 Å². The summed E-state index contributed by atoms with van der Waals surface area (Å²) in [5.41, 5.74) is 4.20. The summed E-state index contributed by atoms with van der Waals surface area (Å²) in [4.78, 5) is 11.8. The van der Waals surface area contributed by atoms with E-state index in [9.17, 15) is 4.79 Å². The summed E-state index contributed by atoms with van der Waals surface area (Å²) < 4.78 is 0. The SMILES string of the molecule is O=C(CNc1ccc2ccccc2c1)N/N=C/c1cccc(Cl)c1. The maximum atomic E-state index is 11.8. The highest BCUT2D eigenvalue weighted by Gasteiger charge is 2.00. The van der Waals surface area contributed by atoms with Crippen LogP contribution in [0.25, 0.3) is 10.8 Å². The van der Waals surface area contributed by atoms with Gasteiger partial charge in [0, 0.05) is 10.7 Å². The van der Waals surface area contributed by atoms with Gasteiger partial charge in [-0.15, -0.1) is 0 Å². The Kier molecular flexibility index (Phi) is 5.08. The molecule has 2 N–H and O–H groups in total. The van der Waals surface area contributed by atoms with Crippen molar-refractivity contribution in [1.82, 2.24) is 5.43 Å². The number of carbonyl (C=O) groups excluding carboxylic acids is 1. The Morgan fingerprint density at radius 3 is 2.67 bits per heavy atom. The maximum absolute atomic E-state index is 11.8. The zero-order valence-electron chi connectivity index (χ0n) is 12.9. The molecular formula is C19H16ClN3O. The first-order valence-electron chi connectivity index (χ1n) is 7.51. The van der Waals surface area contributed by atoms with Crippen LogP contribution >= 0.6 is 11.6 Å². The third-order valence-corrected chi connectivity index (χ3v) is 3.69. The van der Waals surface area contributed by atoms with Crippen molar-refractivity contribution in [2.75, 3.05) is 11.9 Å². The van der Waals surface area contributed by atoms with Gasteiger partial charge in [0.15, 0.2) is 0 Å². The molecule has 0 radical (unpaired) electrons. The molecule has 5 heteroatoms. The molecule has 120 valence electrons. The average molecular weight is 338 g/mol. The minimum absolute atomic E-state index is 0.144. The molecule has 4 nitrogen and oxygen atoms in total. The standard InChI is InChI=1S/C19H16ClN3O/c20-17-7-3-4-14(10-17)12-22-23-19(24)13-21-18-9-8-15-5-1-2-6-16(15)11-18/h1-12,21H,13H2,(H,23,24)/b22-12+. The van der Waals surface area contributed by atoms with E-state index in [1.165, 1.54) is 5.39 Å². The van der Waals surface area contributed by atoms with E-state index >= 15 is 0 Å². The van der Waals surface area contributed by atoms with Gasteiger partial charge in [-0.2, -0.15) is 5.10 Å². The zero-order chi connectivity index (χ0) is 16.8. The fourth-order valence-corrected chi connectivity index (χ4v) is 2.49. The van der Waals surface area contributed by atoms with Crippen molar-refractivity contribution in [3.8, 4) is 0 Å². The summed E-state index contributed by atoms with van der Waals surface area (Å²) >= 11 is 5.89. The van der Waals surface area contributed by atoms with Crippen LogP contribution in [0, 0.1) is 0 Å². The van der Waals surface area contributed by atoms with E-state index in [0.29, 0.717) is 5.02 Å². The number of carbonyl (C=O) groups is 1. The van der Waals surface area contributed by atoms with Gasteiger partial charge in [-0.3, -0.25) is 4.79 Å². The smallest absolute Gasteiger partial charge is 0.259 e. The molecule has 0 saturated carbocycles. The predicted octanol–water partition coefficient (Wildman–Crippen LogP) is 4.06. The molecule has 3 aromatic carbocycles. The van der Waals surface area contributed by atoms with Crippen molar-refractivity contribution >= 4 is 40.2 Å². The van der Waals surface area contributed by atoms with Gasteiger partial charge in [0.1, 0.15) is 0 Å². The summed E-state index contributed by atoms with van der Waals surface area (Å²) in [5.74, 6) is -0.221. The number of amides is 1. The van der Waals surface area contributed by atoms with Gasteiger partial charge in [0.05, 0.1) is 12.8 Å². The molecule has 0 spiro atoms. The topological polar surface area (TPSA) is 53.5 Å².